The SMILES string of the molecule is COc1c(F)cc(C2(N)CC2)c(OC)c1Cl. The molecule has 0 heterocycles. The lowest BCUT2D eigenvalue weighted by molar-refractivity contribution is 0.369. The van der Waals surface area contributed by atoms with Gasteiger partial charge in [0, 0.05) is 11.1 Å². The van der Waals surface area contributed by atoms with Crippen LogP contribution in [0.3, 0.4) is 0 Å². The number of nitrogens with two attached hydrogens (primary N) is 1. The first-order valence-corrected chi connectivity index (χ1v) is 5.30. The third kappa shape index (κ3) is 1.62. The molecular formula is C11H13ClFNO2. The van der Waals surface area contributed by atoms with Crippen molar-refractivity contribution >= 4 is 11.6 Å². The van der Waals surface area contributed by atoms with Crippen LogP contribution in [0, 0.1) is 5.82 Å². The van der Waals surface area contributed by atoms with E-state index in [0.717, 1.165) is 12.8 Å². The normalized spacial score (nSPS) is 17.1. The summed E-state index contributed by atoms with van der Waals surface area (Å²) in [5.74, 6) is -0.119. The fraction of sp³-hybridized carbons (Fsp3) is 0.455. The molecule has 0 aromatic heterocycles. The highest BCUT2D eigenvalue weighted by Crippen LogP contribution is 2.51. The number of methoxy groups -OCH3 is 2. The molecule has 0 bridgehead atoms. The van der Waals surface area contributed by atoms with Gasteiger partial charge >= 0.3 is 0 Å². The Bertz CT molecular complexity index is 432. The van der Waals surface area contributed by atoms with Crippen LogP contribution in [0.5, 0.6) is 11.5 Å². The fourth-order valence-electron chi connectivity index (χ4n) is 1.74. The molecule has 2 rings (SSSR count). The Labute approximate surface area is 98.3 Å². The van der Waals surface area contributed by atoms with E-state index < -0.39 is 11.4 Å². The average molecular weight is 246 g/mol. The molecule has 1 fully saturated rings. The lowest BCUT2D eigenvalue weighted by Crippen LogP contribution is -2.20. The summed E-state index contributed by atoms with van der Waals surface area (Å²) in [6.45, 7) is 0. The summed E-state index contributed by atoms with van der Waals surface area (Å²) in [4.78, 5) is 0. The predicted molar refractivity (Wildman–Crippen MR) is 59.6 cm³/mol. The minimum atomic E-state index is -0.514. The molecule has 0 radical (unpaired) electrons. The van der Waals surface area contributed by atoms with Crippen LogP contribution in [-0.2, 0) is 5.54 Å². The average Bonchev–Trinajstić information content (AvgIpc) is 2.98. The van der Waals surface area contributed by atoms with Crippen molar-refractivity contribution in [3.63, 3.8) is 0 Å². The zero-order chi connectivity index (χ0) is 11.9. The third-order valence-corrected chi connectivity index (χ3v) is 3.21. The molecule has 1 saturated carbocycles. The van der Waals surface area contributed by atoms with Crippen LogP contribution < -0.4 is 15.2 Å². The van der Waals surface area contributed by atoms with Crippen molar-refractivity contribution < 1.29 is 13.9 Å². The summed E-state index contributed by atoms with van der Waals surface area (Å²) >= 11 is 6.01. The monoisotopic (exact) mass is 245 g/mol. The lowest BCUT2D eigenvalue weighted by atomic mass is 10.0. The Balaban J connectivity index is 2.62. The fourth-order valence-corrected chi connectivity index (χ4v) is 2.09. The van der Waals surface area contributed by atoms with Gasteiger partial charge in [0.25, 0.3) is 0 Å². The number of halogens is 2. The van der Waals surface area contributed by atoms with Crippen LogP contribution in [0.15, 0.2) is 6.07 Å². The second-order valence-electron chi connectivity index (χ2n) is 3.94. The van der Waals surface area contributed by atoms with Crippen molar-refractivity contribution in [1.82, 2.24) is 0 Å². The molecule has 0 spiro atoms. The van der Waals surface area contributed by atoms with Crippen molar-refractivity contribution in [1.29, 1.82) is 0 Å². The number of hydrogen-bond donors (Lipinski definition) is 1. The van der Waals surface area contributed by atoms with Crippen molar-refractivity contribution in [3.8, 4) is 11.5 Å². The lowest BCUT2D eigenvalue weighted by Gasteiger charge is -2.17. The van der Waals surface area contributed by atoms with Crippen LogP contribution in [0.4, 0.5) is 4.39 Å². The Hall–Kier alpha value is -1.00. The minimum Gasteiger partial charge on any atom is -0.495 e. The minimum absolute atomic E-state index is 0.00785. The highest BCUT2D eigenvalue weighted by atomic mass is 35.5. The van der Waals surface area contributed by atoms with Crippen LogP contribution >= 0.6 is 11.6 Å². The molecule has 1 aromatic rings. The molecular weight excluding hydrogens is 233 g/mol. The quantitative estimate of drug-likeness (QED) is 0.890. The summed E-state index contributed by atoms with van der Waals surface area (Å²) in [6.07, 6.45) is 1.62. The molecule has 1 aliphatic carbocycles. The van der Waals surface area contributed by atoms with Crippen LogP contribution in [0.2, 0.25) is 5.02 Å². The summed E-state index contributed by atoms with van der Waals surface area (Å²) < 4.78 is 23.7. The van der Waals surface area contributed by atoms with Gasteiger partial charge in [-0.3, -0.25) is 0 Å². The first-order chi connectivity index (χ1) is 7.53. The van der Waals surface area contributed by atoms with Crippen LogP contribution in [0.25, 0.3) is 0 Å². The van der Waals surface area contributed by atoms with E-state index in [1.165, 1.54) is 20.3 Å². The Kier molecular flexibility index (Phi) is 2.72. The largest absolute Gasteiger partial charge is 0.495 e. The molecule has 0 aliphatic heterocycles. The highest BCUT2D eigenvalue weighted by Gasteiger charge is 2.43. The summed E-state index contributed by atoms with van der Waals surface area (Å²) in [5.41, 5.74) is 6.14. The van der Waals surface area contributed by atoms with E-state index in [1.807, 2.05) is 0 Å². The predicted octanol–water partition coefficient (Wildman–Crippen LogP) is 2.44. The highest BCUT2D eigenvalue weighted by molar-refractivity contribution is 6.33. The molecule has 0 atom stereocenters. The number of hydrogen-bond acceptors (Lipinski definition) is 3. The molecule has 2 N–H and O–H groups in total. The van der Waals surface area contributed by atoms with Gasteiger partial charge < -0.3 is 15.2 Å². The Morgan fingerprint density at radius 2 is 1.88 bits per heavy atom. The zero-order valence-electron chi connectivity index (χ0n) is 9.14. The Morgan fingerprint density at radius 3 is 2.31 bits per heavy atom. The maximum Gasteiger partial charge on any atom is 0.176 e. The van der Waals surface area contributed by atoms with Crippen LogP contribution in [0.1, 0.15) is 18.4 Å². The van der Waals surface area contributed by atoms with Gasteiger partial charge in [0.2, 0.25) is 0 Å². The second kappa shape index (κ2) is 3.79. The molecule has 0 amide bonds. The van der Waals surface area contributed by atoms with E-state index >= 15 is 0 Å². The zero-order valence-corrected chi connectivity index (χ0v) is 9.90. The molecule has 3 nitrogen and oxygen atoms in total. The standard InChI is InChI=1S/C11H13ClFNO2/c1-15-9-6(11(14)3-4-11)5-7(13)10(16-2)8(9)12/h5H,3-4,14H2,1-2H3. The van der Waals surface area contributed by atoms with Crippen molar-refractivity contribution in [2.24, 2.45) is 5.73 Å². The molecule has 0 saturated heterocycles. The van der Waals surface area contributed by atoms with Crippen LogP contribution in [-0.4, -0.2) is 14.2 Å². The van der Waals surface area contributed by atoms with Gasteiger partial charge in [-0.15, -0.1) is 0 Å². The molecule has 16 heavy (non-hydrogen) atoms. The topological polar surface area (TPSA) is 44.5 Å². The maximum atomic E-state index is 13.7. The molecule has 88 valence electrons. The van der Waals surface area contributed by atoms with Gasteiger partial charge in [-0.2, -0.15) is 0 Å². The first kappa shape index (κ1) is 11.5. The third-order valence-electron chi connectivity index (χ3n) is 2.86. The van der Waals surface area contributed by atoms with E-state index in [4.69, 9.17) is 26.8 Å². The van der Waals surface area contributed by atoms with Gasteiger partial charge in [0.05, 0.1) is 14.2 Å². The van der Waals surface area contributed by atoms with Gasteiger partial charge in [0.15, 0.2) is 11.6 Å². The van der Waals surface area contributed by atoms with Gasteiger partial charge in [-0.05, 0) is 18.9 Å². The van der Waals surface area contributed by atoms with Gasteiger partial charge in [0.1, 0.15) is 10.8 Å². The van der Waals surface area contributed by atoms with Crippen molar-refractivity contribution in [2.75, 3.05) is 14.2 Å². The number of benzene rings is 1. The smallest absolute Gasteiger partial charge is 0.176 e. The van der Waals surface area contributed by atoms with Crippen molar-refractivity contribution in [3.05, 3.63) is 22.5 Å². The molecule has 0 unspecified atom stereocenters. The summed E-state index contributed by atoms with van der Waals surface area (Å²) in [6, 6.07) is 1.34. The van der Waals surface area contributed by atoms with E-state index in [0.29, 0.717) is 11.3 Å². The van der Waals surface area contributed by atoms with E-state index in [9.17, 15) is 4.39 Å². The first-order valence-electron chi connectivity index (χ1n) is 4.93. The van der Waals surface area contributed by atoms with E-state index in [2.05, 4.69) is 0 Å². The molecule has 5 heteroatoms. The molecule has 1 aliphatic rings. The number of rotatable bonds is 3. The van der Waals surface area contributed by atoms with E-state index in [-0.39, 0.29) is 10.8 Å². The second-order valence-corrected chi connectivity index (χ2v) is 4.32. The summed E-state index contributed by atoms with van der Waals surface area (Å²) in [5, 5.41) is 0.136. The van der Waals surface area contributed by atoms with E-state index in [1.54, 1.807) is 0 Å². The maximum absolute atomic E-state index is 13.7. The van der Waals surface area contributed by atoms with Gasteiger partial charge in [-0.1, -0.05) is 11.6 Å². The van der Waals surface area contributed by atoms with Gasteiger partial charge in [-0.25, -0.2) is 4.39 Å². The van der Waals surface area contributed by atoms with Crippen molar-refractivity contribution in [2.45, 2.75) is 18.4 Å². The molecule has 1 aromatic carbocycles. The number of ether oxygens (including phenoxy) is 2. The summed E-state index contributed by atoms with van der Waals surface area (Å²) in [7, 11) is 2.84. The Morgan fingerprint density at radius 1 is 1.31 bits per heavy atom.